The Balaban J connectivity index is 1.25. The highest BCUT2D eigenvalue weighted by Gasteiger charge is 2.51. The molecule has 0 radical (unpaired) electrons. The van der Waals surface area contributed by atoms with Crippen molar-refractivity contribution in [2.75, 3.05) is 13.1 Å². The Morgan fingerprint density at radius 2 is 1.86 bits per heavy atom. The van der Waals surface area contributed by atoms with Crippen molar-refractivity contribution in [2.45, 2.75) is 75.7 Å². The van der Waals surface area contributed by atoms with Crippen LogP contribution in [0.2, 0.25) is 0 Å². The zero-order valence-electron chi connectivity index (χ0n) is 22.8. The maximum absolute atomic E-state index is 13.8. The molecule has 1 aromatic carbocycles. The Morgan fingerprint density at radius 3 is 2.50 bits per heavy atom. The van der Waals surface area contributed by atoms with Crippen LogP contribution in [-0.2, 0) is 25.4 Å². The third-order valence-corrected chi connectivity index (χ3v) is 9.06. The molecule has 4 N–H and O–H groups in total. The maximum atomic E-state index is 13.8. The van der Waals surface area contributed by atoms with E-state index in [0.29, 0.717) is 25.8 Å². The topological polar surface area (TPSA) is 140 Å². The molecule has 2 aromatic rings. The Labute approximate surface area is 239 Å². The van der Waals surface area contributed by atoms with Gasteiger partial charge in [0.15, 0.2) is 0 Å². The summed E-state index contributed by atoms with van der Waals surface area (Å²) >= 11 is 0. The predicted molar refractivity (Wildman–Crippen MR) is 143 cm³/mol. The van der Waals surface area contributed by atoms with Crippen LogP contribution in [0.5, 0.6) is 0 Å². The van der Waals surface area contributed by atoms with E-state index in [2.05, 4.69) is 20.9 Å². The molecule has 1 aromatic heterocycles. The van der Waals surface area contributed by atoms with Crippen molar-refractivity contribution in [1.82, 2.24) is 25.8 Å². The average molecular weight is 588 g/mol. The van der Waals surface area contributed by atoms with Gasteiger partial charge in [-0.25, -0.2) is 0 Å². The van der Waals surface area contributed by atoms with Crippen LogP contribution in [0.3, 0.4) is 0 Å². The first-order valence-corrected chi connectivity index (χ1v) is 14.4. The van der Waals surface area contributed by atoms with E-state index in [4.69, 9.17) is 0 Å². The summed E-state index contributed by atoms with van der Waals surface area (Å²) in [6.45, 7) is 0.644. The van der Waals surface area contributed by atoms with E-state index in [0.717, 1.165) is 37.8 Å². The highest BCUT2D eigenvalue weighted by Crippen LogP contribution is 2.55. The number of piperidine rings is 1. The lowest BCUT2D eigenvalue weighted by atomic mass is 9.86. The van der Waals surface area contributed by atoms with Crippen molar-refractivity contribution < 1.29 is 37.1 Å². The molecule has 0 bridgehead atoms. The standard InChI is InChI=1S/C29H32F3N5O5/c30-29(31,32)18-2-1-3-19-17(18)13-21(35-19)27(42)37-11-9-28(7-8-28)14-22(37)25(40)36-20(12-15-6-10-33-24(15)39)23(38)26(41)34-16-4-5-16/h1-3,13,15-16,20,22,35H,4-12,14H2,(H,33,39)(H,34,41)(H,36,40)/t15-,20?,22-/m0/s1. The number of nitrogens with zero attached hydrogens (tertiary/aromatic N) is 1. The second kappa shape index (κ2) is 10.4. The number of nitrogens with one attached hydrogen (secondary N) is 4. The number of fused-ring (bicyclic) bond motifs is 1. The Morgan fingerprint density at radius 1 is 1.10 bits per heavy atom. The summed E-state index contributed by atoms with van der Waals surface area (Å²) < 4.78 is 40.8. The fraction of sp³-hybridized carbons (Fsp3) is 0.552. The van der Waals surface area contributed by atoms with Crippen molar-refractivity contribution in [3.05, 3.63) is 35.5 Å². The maximum Gasteiger partial charge on any atom is 0.417 e. The third kappa shape index (κ3) is 5.60. The molecule has 6 rings (SSSR count). The smallest absolute Gasteiger partial charge is 0.356 e. The van der Waals surface area contributed by atoms with E-state index < -0.39 is 53.2 Å². The number of Topliss-reactive ketones (excluding diaryl/α,β-unsaturated/α-hetero) is 1. The van der Waals surface area contributed by atoms with Crippen molar-refractivity contribution in [3.8, 4) is 0 Å². The van der Waals surface area contributed by atoms with E-state index in [1.54, 1.807) is 0 Å². The van der Waals surface area contributed by atoms with Gasteiger partial charge < -0.3 is 25.8 Å². The molecule has 3 atom stereocenters. The number of carbonyl (C=O) groups is 5. The number of amides is 4. The van der Waals surface area contributed by atoms with Crippen molar-refractivity contribution in [2.24, 2.45) is 11.3 Å². The quantitative estimate of drug-likeness (QED) is 0.351. The van der Waals surface area contributed by atoms with Gasteiger partial charge in [0, 0.05) is 36.0 Å². The number of aromatic nitrogens is 1. The van der Waals surface area contributed by atoms with E-state index in [-0.39, 0.29) is 46.9 Å². The Bertz CT molecular complexity index is 1460. The second-order valence-corrected chi connectivity index (χ2v) is 12.1. The van der Waals surface area contributed by atoms with E-state index in [1.165, 1.54) is 17.0 Å². The second-order valence-electron chi connectivity index (χ2n) is 12.1. The van der Waals surface area contributed by atoms with Gasteiger partial charge in [0.25, 0.3) is 11.8 Å². The lowest BCUT2D eigenvalue weighted by molar-refractivity contribution is -0.141. The Hall–Kier alpha value is -3.90. The number of ketones is 1. The number of hydrogen-bond donors (Lipinski definition) is 4. The monoisotopic (exact) mass is 587 g/mol. The van der Waals surface area contributed by atoms with Crippen LogP contribution < -0.4 is 16.0 Å². The normalized spacial score (nSPS) is 23.9. The predicted octanol–water partition coefficient (Wildman–Crippen LogP) is 2.43. The summed E-state index contributed by atoms with van der Waals surface area (Å²) in [5.74, 6) is -3.74. The summed E-state index contributed by atoms with van der Waals surface area (Å²) in [6, 6.07) is 2.46. The fourth-order valence-electron chi connectivity index (χ4n) is 6.21. The van der Waals surface area contributed by atoms with Gasteiger partial charge in [-0.2, -0.15) is 13.2 Å². The van der Waals surface area contributed by atoms with Gasteiger partial charge >= 0.3 is 6.18 Å². The third-order valence-electron chi connectivity index (χ3n) is 9.06. The first-order valence-electron chi connectivity index (χ1n) is 14.4. The van der Waals surface area contributed by atoms with Crippen LogP contribution in [0.15, 0.2) is 24.3 Å². The highest BCUT2D eigenvalue weighted by molar-refractivity contribution is 6.38. The molecule has 10 nitrogen and oxygen atoms in total. The van der Waals surface area contributed by atoms with Gasteiger partial charge in [-0.3, -0.25) is 24.0 Å². The van der Waals surface area contributed by atoms with Crippen LogP contribution in [0.4, 0.5) is 13.2 Å². The molecule has 3 heterocycles. The molecule has 1 unspecified atom stereocenters. The molecule has 2 aliphatic carbocycles. The summed E-state index contributed by atoms with van der Waals surface area (Å²) in [5.41, 5.74) is -0.920. The van der Waals surface area contributed by atoms with Gasteiger partial charge in [0.2, 0.25) is 17.6 Å². The SMILES string of the molecule is O=C(NC1CC1)C(=O)C(C[C@@H]1CCNC1=O)NC(=O)[C@@H]1CC2(CCN1C(=O)c1cc3c(C(F)(F)F)cccc3[nH]1)CC2. The molecular weight excluding hydrogens is 555 g/mol. The molecule has 4 aliphatic rings. The van der Waals surface area contributed by atoms with Gasteiger partial charge in [-0.15, -0.1) is 0 Å². The average Bonchev–Trinajstić information content (AvgIpc) is 3.83. The first kappa shape index (κ1) is 28.2. The number of H-pyrrole nitrogens is 1. The van der Waals surface area contributed by atoms with E-state index >= 15 is 0 Å². The minimum atomic E-state index is -4.61. The molecule has 224 valence electrons. The molecule has 2 saturated heterocycles. The summed E-state index contributed by atoms with van der Waals surface area (Å²) in [4.78, 5) is 69.7. The highest BCUT2D eigenvalue weighted by atomic mass is 19.4. The number of halogens is 3. The zero-order chi connectivity index (χ0) is 29.8. The number of likely N-dealkylation sites (tertiary alicyclic amines) is 1. The number of aromatic amines is 1. The largest absolute Gasteiger partial charge is 0.417 e. The van der Waals surface area contributed by atoms with Crippen LogP contribution in [0.25, 0.3) is 10.9 Å². The summed E-state index contributed by atoms with van der Waals surface area (Å²) in [7, 11) is 0. The van der Waals surface area contributed by atoms with Crippen LogP contribution >= 0.6 is 0 Å². The van der Waals surface area contributed by atoms with E-state index in [9.17, 15) is 37.1 Å². The van der Waals surface area contributed by atoms with Crippen LogP contribution in [-0.4, -0.2) is 70.5 Å². The first-order chi connectivity index (χ1) is 19.9. The molecule has 2 aliphatic heterocycles. The van der Waals surface area contributed by atoms with Gasteiger partial charge in [-0.05, 0) is 75.0 Å². The minimum Gasteiger partial charge on any atom is -0.356 e. The minimum absolute atomic E-state index is 0.0530. The number of benzene rings is 1. The van der Waals surface area contributed by atoms with Gasteiger partial charge in [0.05, 0.1) is 11.6 Å². The van der Waals surface area contributed by atoms with Crippen LogP contribution in [0, 0.1) is 11.3 Å². The molecule has 1 spiro atoms. The number of alkyl halides is 3. The van der Waals surface area contributed by atoms with Crippen molar-refractivity contribution in [1.29, 1.82) is 0 Å². The van der Waals surface area contributed by atoms with Crippen molar-refractivity contribution >= 4 is 40.3 Å². The number of rotatable bonds is 8. The molecule has 13 heteroatoms. The van der Waals surface area contributed by atoms with Crippen molar-refractivity contribution in [3.63, 3.8) is 0 Å². The zero-order valence-corrected chi connectivity index (χ0v) is 22.8. The van der Waals surface area contributed by atoms with Crippen LogP contribution in [0.1, 0.15) is 67.4 Å². The molecule has 4 fully saturated rings. The molecule has 2 saturated carbocycles. The fourth-order valence-corrected chi connectivity index (χ4v) is 6.21. The lowest BCUT2D eigenvalue weighted by Gasteiger charge is -2.39. The summed E-state index contributed by atoms with van der Waals surface area (Å²) in [5, 5.41) is 7.87. The number of hydrogen-bond acceptors (Lipinski definition) is 5. The van der Waals surface area contributed by atoms with Gasteiger partial charge in [0.1, 0.15) is 11.7 Å². The lowest BCUT2D eigenvalue weighted by Crippen LogP contribution is -2.58. The summed E-state index contributed by atoms with van der Waals surface area (Å²) in [6.07, 6.45) is 0.0625. The Kier molecular flexibility index (Phi) is 7.01. The molecular formula is C29H32F3N5O5. The van der Waals surface area contributed by atoms with E-state index in [1.807, 2.05) is 0 Å². The number of carbonyl (C=O) groups excluding carboxylic acids is 5. The van der Waals surface area contributed by atoms with Gasteiger partial charge in [-0.1, -0.05) is 6.07 Å². The molecule has 4 amide bonds. The molecule has 42 heavy (non-hydrogen) atoms.